The number of allylic oxidation sites excluding steroid dienone is 2. The van der Waals surface area contributed by atoms with E-state index in [9.17, 15) is 0 Å². The van der Waals surface area contributed by atoms with Crippen LogP contribution < -0.4 is 0 Å². The number of halogens is 2. The molecule has 0 aromatic heterocycles. The monoisotopic (exact) mass is 708 g/mol. The van der Waals surface area contributed by atoms with E-state index < -0.39 is 17.4 Å². The van der Waals surface area contributed by atoms with E-state index in [-0.39, 0.29) is 24.8 Å². The first-order chi connectivity index (χ1) is 20.2. The van der Waals surface area contributed by atoms with Gasteiger partial charge in [-0.2, -0.15) is 0 Å². The van der Waals surface area contributed by atoms with Crippen molar-refractivity contribution in [1.29, 1.82) is 0 Å². The third-order valence-electron chi connectivity index (χ3n) is 9.86. The molecule has 0 fully saturated rings. The van der Waals surface area contributed by atoms with Crippen LogP contribution in [0.3, 0.4) is 0 Å². The summed E-state index contributed by atoms with van der Waals surface area (Å²) in [6.45, 7) is 7.11. The third kappa shape index (κ3) is 5.29. The minimum absolute atomic E-state index is 0. The molecule has 222 valence electrons. The second kappa shape index (κ2) is 12.2. The summed E-state index contributed by atoms with van der Waals surface area (Å²) in [6, 6.07) is 45.0. The van der Waals surface area contributed by atoms with Gasteiger partial charge in [-0.05, 0) is 0 Å². The molecule has 0 heterocycles. The van der Waals surface area contributed by atoms with Gasteiger partial charge in [-0.15, -0.1) is 24.8 Å². The molecule has 2 unspecified atom stereocenters. The van der Waals surface area contributed by atoms with Crippen LogP contribution in [0.1, 0.15) is 47.6 Å². The molecule has 0 amide bonds. The molecule has 5 aromatic carbocycles. The van der Waals surface area contributed by atoms with E-state index in [2.05, 4.69) is 163 Å². The third-order valence-corrected chi connectivity index (χ3v) is 27.4. The fourth-order valence-corrected chi connectivity index (χ4v) is 28.1. The minimum atomic E-state index is -3.75. The SMILES string of the molecule is CC1=Cc2c(-c3ccccc3)cccc2[CH]1[Zr]([CH3])([CH3])(=[SiH2])[CH]1C(c2ccccc2C)=Cc2c(-c3ccccc3)cccc21.Cl.Cl. The molecule has 2 aliphatic carbocycles. The van der Waals surface area contributed by atoms with Crippen LogP contribution in [0.15, 0.2) is 127 Å². The second-order valence-corrected chi connectivity index (χ2v) is 43.9. The maximum absolute atomic E-state index is 3.75. The average molecular weight is 711 g/mol. The fourth-order valence-electron chi connectivity index (χ4n) is 8.27. The van der Waals surface area contributed by atoms with E-state index in [0.717, 1.165) is 0 Å². The molecule has 7 rings (SSSR count). The molecular weight excluding hydrogens is 671 g/mol. The molecule has 0 aliphatic heterocycles. The van der Waals surface area contributed by atoms with Crippen LogP contribution in [0.2, 0.25) is 9.26 Å². The Morgan fingerprint density at radius 3 is 1.50 bits per heavy atom. The summed E-state index contributed by atoms with van der Waals surface area (Å²) in [5.74, 6) is 0. The molecule has 0 bridgehead atoms. The summed E-state index contributed by atoms with van der Waals surface area (Å²) in [7, 11) is 0. The molecule has 0 saturated heterocycles. The van der Waals surface area contributed by atoms with Gasteiger partial charge in [-0.3, -0.25) is 0 Å². The van der Waals surface area contributed by atoms with Gasteiger partial charge in [-0.25, -0.2) is 0 Å². The van der Waals surface area contributed by atoms with Crippen molar-refractivity contribution >= 4 is 49.4 Å². The van der Waals surface area contributed by atoms with Crippen LogP contribution >= 0.6 is 24.8 Å². The van der Waals surface area contributed by atoms with Gasteiger partial charge in [0.1, 0.15) is 0 Å². The number of rotatable bonds is 5. The normalized spacial score (nSPS) is 17.0. The van der Waals surface area contributed by atoms with Crippen LogP contribution in [0.4, 0.5) is 0 Å². The summed E-state index contributed by atoms with van der Waals surface area (Å²) in [5.41, 5.74) is 17.1. The Morgan fingerprint density at radius 1 is 0.500 bits per heavy atom. The Kier molecular flexibility index (Phi) is 9.07. The van der Waals surface area contributed by atoms with Crippen LogP contribution in [0.5, 0.6) is 0 Å². The molecule has 0 radical (unpaired) electrons. The van der Waals surface area contributed by atoms with Crippen molar-refractivity contribution in [2.75, 3.05) is 0 Å². The summed E-state index contributed by atoms with van der Waals surface area (Å²) in [6.07, 6.45) is 5.08. The van der Waals surface area contributed by atoms with E-state index in [4.69, 9.17) is 0 Å². The molecule has 2 atom stereocenters. The Hall–Kier alpha value is -2.74. The van der Waals surface area contributed by atoms with Crippen molar-refractivity contribution in [2.24, 2.45) is 0 Å². The van der Waals surface area contributed by atoms with Crippen molar-refractivity contribution in [3.63, 3.8) is 0 Å². The van der Waals surface area contributed by atoms with E-state index in [1.165, 1.54) is 66.8 Å². The van der Waals surface area contributed by atoms with Gasteiger partial charge >= 0.3 is 255 Å². The van der Waals surface area contributed by atoms with Crippen LogP contribution in [0.25, 0.3) is 40.0 Å². The van der Waals surface area contributed by atoms with Crippen LogP contribution in [-0.4, -0.2) is 6.88 Å². The molecule has 44 heavy (non-hydrogen) atoms. The molecule has 0 N–H and O–H groups in total. The zero-order chi connectivity index (χ0) is 29.1. The summed E-state index contributed by atoms with van der Waals surface area (Å²) in [4.78, 5) is 0. The molecule has 2 aliphatic rings. The van der Waals surface area contributed by atoms with Gasteiger partial charge in [0.2, 0.25) is 0 Å². The zero-order valence-electron chi connectivity index (χ0n) is 25.9. The maximum Gasteiger partial charge on any atom is -0.147 e. The van der Waals surface area contributed by atoms with E-state index in [0.29, 0.717) is 7.25 Å². The van der Waals surface area contributed by atoms with Crippen LogP contribution in [0, 0.1) is 6.92 Å². The largest absolute Gasteiger partial charge is 0.147 e. The van der Waals surface area contributed by atoms with Gasteiger partial charge < -0.3 is 0 Å². The van der Waals surface area contributed by atoms with Gasteiger partial charge in [-0.1, -0.05) is 0 Å². The smallest absolute Gasteiger partial charge is 0.147 e. The number of fused-ring (bicyclic) bond motifs is 2. The molecule has 4 heteroatoms. The second-order valence-electron chi connectivity index (χ2n) is 13.5. The van der Waals surface area contributed by atoms with Crippen molar-refractivity contribution in [2.45, 2.75) is 30.4 Å². The van der Waals surface area contributed by atoms with E-state index >= 15 is 0 Å². The molecule has 0 saturated carbocycles. The van der Waals surface area contributed by atoms with Crippen LogP contribution in [-0.2, 0) is 17.4 Å². The predicted molar refractivity (Wildman–Crippen MR) is 197 cm³/mol. The number of aryl methyl sites for hydroxylation is 1. The summed E-state index contributed by atoms with van der Waals surface area (Å²) >= 11 is -3.75. The molecular formula is C40H40Cl2SiZr. The first-order valence-corrected chi connectivity index (χ1v) is 28.8. The van der Waals surface area contributed by atoms with Gasteiger partial charge in [0.05, 0.1) is 0 Å². The van der Waals surface area contributed by atoms with E-state index in [1.54, 1.807) is 0 Å². The minimum Gasteiger partial charge on any atom is -0.147 e. The summed E-state index contributed by atoms with van der Waals surface area (Å²) < 4.78 is 6.39. The first kappa shape index (κ1) is 32.6. The van der Waals surface area contributed by atoms with Crippen molar-refractivity contribution in [1.82, 2.24) is 0 Å². The fraction of sp³-hybridized carbons (Fsp3) is 0.150. The van der Waals surface area contributed by atoms with E-state index in [1.807, 2.05) is 0 Å². The number of hydrogen-bond donors (Lipinski definition) is 0. The topological polar surface area (TPSA) is 0 Å². The average Bonchev–Trinajstić information content (AvgIpc) is 3.57. The van der Waals surface area contributed by atoms with Gasteiger partial charge in [0.15, 0.2) is 0 Å². The Labute approximate surface area is 277 Å². The number of benzene rings is 5. The Bertz CT molecular complexity index is 1980. The quantitative estimate of drug-likeness (QED) is 0.159. The molecule has 5 aromatic rings. The maximum atomic E-state index is 2.74. The zero-order valence-corrected chi connectivity index (χ0v) is 31.4. The van der Waals surface area contributed by atoms with Gasteiger partial charge in [0, 0.05) is 0 Å². The van der Waals surface area contributed by atoms with Crippen molar-refractivity contribution in [3.8, 4) is 22.3 Å². The standard InChI is InChI=1S/C22H17.C16H13.2CH3.2ClH.H2Si.Zr/c1-16-8-5-6-12-20(16)19-14-18-11-7-13-21(22(18)15-19)17-9-3-2-4-10-17;1-12-10-14-8-5-9-15(16(14)11-12)13-6-3-2-4-7-13;;;;;;/h2-15H,1H3;2-11H,1H3;2*1H3;2*1H;1H2;. The van der Waals surface area contributed by atoms with Crippen molar-refractivity contribution < 1.29 is 17.4 Å². The Balaban J connectivity index is 0.00000192. The molecule has 0 spiro atoms. The van der Waals surface area contributed by atoms with Crippen molar-refractivity contribution in [3.05, 3.63) is 160 Å². The first-order valence-electron chi connectivity index (χ1n) is 15.1. The Morgan fingerprint density at radius 2 is 0.955 bits per heavy atom. The molecule has 0 nitrogen and oxygen atoms in total. The summed E-state index contributed by atoms with van der Waals surface area (Å²) in [5, 5.41) is 0. The number of hydrogen-bond acceptors (Lipinski definition) is 0. The van der Waals surface area contributed by atoms with Gasteiger partial charge in [0.25, 0.3) is 0 Å². The predicted octanol–water partition coefficient (Wildman–Crippen LogP) is 11.3.